The van der Waals surface area contributed by atoms with E-state index in [1.165, 1.54) is 56.9 Å². The first-order valence-corrected chi connectivity index (χ1v) is 12.2. The molecule has 0 aliphatic carbocycles. The Bertz CT molecular complexity index is 1160. The molecule has 0 amide bonds. The number of rotatable bonds is 7. The number of benzene rings is 2. The van der Waals surface area contributed by atoms with Crippen LogP contribution in [0.25, 0.3) is 21.5 Å². The van der Waals surface area contributed by atoms with E-state index in [0.717, 1.165) is 12.8 Å². The van der Waals surface area contributed by atoms with Gasteiger partial charge in [-0.15, -0.1) is 0 Å². The Kier molecular flexibility index (Phi) is 10.7. The van der Waals surface area contributed by atoms with Crippen molar-refractivity contribution in [1.82, 2.24) is 0 Å². The van der Waals surface area contributed by atoms with E-state index in [1.807, 2.05) is 0 Å². The number of nitrogens with zero attached hydrogens (tertiary/aromatic N) is 2. The summed E-state index contributed by atoms with van der Waals surface area (Å²) in [5.74, 6) is 1.06. The third kappa shape index (κ3) is 5.92. The van der Waals surface area contributed by atoms with Gasteiger partial charge in [0.1, 0.15) is 14.1 Å². The zero-order valence-electron chi connectivity index (χ0n) is 21.4. The Labute approximate surface area is 239 Å². The van der Waals surface area contributed by atoms with E-state index < -0.39 is 0 Å². The number of halogens is 2. The number of hydrogen-bond acceptors (Lipinski definition) is 0. The summed E-state index contributed by atoms with van der Waals surface area (Å²) in [7, 11) is 4.40. The van der Waals surface area contributed by atoms with E-state index in [1.54, 1.807) is 0 Å². The van der Waals surface area contributed by atoms with Crippen LogP contribution in [0.4, 0.5) is 0 Å². The molecule has 4 aromatic rings. The molecule has 2 aromatic heterocycles. The van der Waals surface area contributed by atoms with E-state index in [2.05, 4.69) is 112 Å². The van der Waals surface area contributed by atoms with Crippen molar-refractivity contribution in [2.24, 2.45) is 14.1 Å². The number of aryl methyl sites for hydroxylation is 4. The fraction of sp³-hybridized carbons (Fsp3) is 0.400. The third-order valence-corrected chi connectivity index (χ3v) is 6.96. The fourth-order valence-corrected chi connectivity index (χ4v) is 5.19. The minimum absolute atomic E-state index is 0. The summed E-state index contributed by atoms with van der Waals surface area (Å²) >= 11 is 0. The van der Waals surface area contributed by atoms with E-state index in [0.29, 0.717) is 11.8 Å². The van der Waals surface area contributed by atoms with Gasteiger partial charge in [0.05, 0.1) is 10.8 Å². The predicted octanol–water partition coefficient (Wildman–Crippen LogP) is 0.462. The number of pyridine rings is 2. The molecule has 0 fully saturated rings. The van der Waals surface area contributed by atoms with Crippen molar-refractivity contribution in [1.29, 1.82) is 0 Å². The quantitative estimate of drug-likeness (QED) is 0.153. The molecule has 2 nitrogen and oxygen atoms in total. The zero-order valence-corrected chi connectivity index (χ0v) is 25.7. The molecule has 0 aliphatic heterocycles. The first kappa shape index (κ1) is 29.0. The van der Waals surface area contributed by atoms with Crippen LogP contribution in [-0.4, -0.2) is 0 Å². The van der Waals surface area contributed by atoms with Gasteiger partial charge in [-0.05, 0) is 46.6 Å². The lowest BCUT2D eigenvalue weighted by Crippen LogP contribution is -3.00. The van der Waals surface area contributed by atoms with Crippen LogP contribution in [-0.2, 0) is 26.9 Å². The van der Waals surface area contributed by atoms with Gasteiger partial charge in [-0.3, -0.25) is 0 Å². The molecule has 34 heavy (non-hydrogen) atoms. The van der Waals surface area contributed by atoms with Gasteiger partial charge < -0.3 is 48.0 Å². The van der Waals surface area contributed by atoms with Crippen LogP contribution in [0, 0.1) is 0 Å². The Balaban J connectivity index is 0.00000204. The second-order valence-corrected chi connectivity index (χ2v) is 9.89. The van der Waals surface area contributed by atoms with Crippen molar-refractivity contribution in [3.05, 3.63) is 83.4 Å². The van der Waals surface area contributed by atoms with Gasteiger partial charge in [0.25, 0.3) is 0 Å². The lowest BCUT2D eigenvalue weighted by Gasteiger charge is -2.13. The average molecular weight is 680 g/mol. The van der Waals surface area contributed by atoms with Gasteiger partial charge in [0, 0.05) is 25.0 Å². The highest BCUT2D eigenvalue weighted by Gasteiger charge is 2.19. The van der Waals surface area contributed by atoms with Gasteiger partial charge in [0.2, 0.25) is 0 Å². The standard InChI is InChI=1S/C30H38N2.2HI/c1-21(2)25-13-9-11-23-17-19-31(5)27(29(23)25)15-7-8-16-28-30-24(18-20-32(28)6)12-10-14-26(30)22(3)4;;/h9-14,17-22H,7-8,15-16H2,1-6H3;2*1H/q+2;;/p-2. The maximum absolute atomic E-state index is 2.34. The fourth-order valence-electron chi connectivity index (χ4n) is 5.19. The molecule has 0 bridgehead atoms. The molecule has 0 spiro atoms. The summed E-state index contributed by atoms with van der Waals surface area (Å²) in [5, 5.41) is 5.66. The summed E-state index contributed by atoms with van der Waals surface area (Å²) in [6, 6.07) is 18.0. The highest BCUT2D eigenvalue weighted by atomic mass is 127. The lowest BCUT2D eigenvalue weighted by molar-refractivity contribution is -0.678. The van der Waals surface area contributed by atoms with Gasteiger partial charge in [-0.2, -0.15) is 0 Å². The Morgan fingerprint density at radius 1 is 0.588 bits per heavy atom. The van der Waals surface area contributed by atoms with Crippen LogP contribution in [0.1, 0.15) is 74.9 Å². The molecule has 4 heteroatoms. The second-order valence-electron chi connectivity index (χ2n) is 9.89. The number of fused-ring (bicyclic) bond motifs is 2. The van der Waals surface area contributed by atoms with Gasteiger partial charge in [0.15, 0.2) is 23.8 Å². The van der Waals surface area contributed by atoms with Crippen LogP contribution < -0.4 is 57.1 Å². The van der Waals surface area contributed by atoms with Crippen LogP contribution in [0.2, 0.25) is 0 Å². The smallest absolute Gasteiger partial charge is 0.189 e. The molecule has 2 heterocycles. The van der Waals surface area contributed by atoms with Crippen molar-refractivity contribution in [2.75, 3.05) is 0 Å². The molecule has 2 aromatic carbocycles. The summed E-state index contributed by atoms with van der Waals surface area (Å²) in [4.78, 5) is 0. The zero-order chi connectivity index (χ0) is 22.8. The average Bonchev–Trinajstić information content (AvgIpc) is 2.77. The number of unbranched alkanes of at least 4 members (excludes halogenated alkanes) is 1. The minimum Gasteiger partial charge on any atom is -1.00 e. The molecule has 0 radical (unpaired) electrons. The summed E-state index contributed by atoms with van der Waals surface area (Å²) < 4.78 is 4.67. The topological polar surface area (TPSA) is 7.76 Å². The van der Waals surface area contributed by atoms with Crippen molar-refractivity contribution in [2.45, 2.75) is 65.2 Å². The van der Waals surface area contributed by atoms with Crippen LogP contribution in [0.5, 0.6) is 0 Å². The Morgan fingerprint density at radius 3 is 1.32 bits per heavy atom. The van der Waals surface area contributed by atoms with Crippen LogP contribution in [0.3, 0.4) is 0 Å². The van der Waals surface area contributed by atoms with Crippen molar-refractivity contribution in [3.63, 3.8) is 0 Å². The molecule has 0 N–H and O–H groups in total. The second kappa shape index (κ2) is 12.6. The maximum atomic E-state index is 2.34. The molecule has 0 aliphatic rings. The maximum Gasteiger partial charge on any atom is 0.189 e. The lowest BCUT2D eigenvalue weighted by atomic mass is 9.92. The van der Waals surface area contributed by atoms with E-state index in [-0.39, 0.29) is 48.0 Å². The highest BCUT2D eigenvalue weighted by Crippen LogP contribution is 2.29. The van der Waals surface area contributed by atoms with Crippen molar-refractivity contribution in [3.8, 4) is 0 Å². The molecular weight excluding hydrogens is 642 g/mol. The number of aromatic nitrogens is 2. The number of hydrogen-bond donors (Lipinski definition) is 0. The van der Waals surface area contributed by atoms with E-state index >= 15 is 0 Å². The Morgan fingerprint density at radius 2 is 0.971 bits per heavy atom. The predicted molar refractivity (Wildman–Crippen MR) is 135 cm³/mol. The molecule has 0 atom stereocenters. The summed E-state index contributed by atoms with van der Waals surface area (Å²) in [6.45, 7) is 9.22. The van der Waals surface area contributed by atoms with Crippen LogP contribution >= 0.6 is 0 Å². The molecule has 4 rings (SSSR count). The molecule has 0 saturated carbocycles. The minimum atomic E-state index is 0. The van der Waals surface area contributed by atoms with Crippen molar-refractivity contribution < 1.29 is 57.1 Å². The molecule has 0 saturated heterocycles. The van der Waals surface area contributed by atoms with Crippen molar-refractivity contribution >= 4 is 21.5 Å². The third-order valence-electron chi connectivity index (χ3n) is 6.96. The normalized spacial score (nSPS) is 11.2. The largest absolute Gasteiger partial charge is 1.00 e. The van der Waals surface area contributed by atoms with E-state index in [9.17, 15) is 0 Å². The van der Waals surface area contributed by atoms with E-state index in [4.69, 9.17) is 0 Å². The first-order chi connectivity index (χ1) is 15.4. The summed E-state index contributed by atoms with van der Waals surface area (Å²) in [5.41, 5.74) is 5.88. The molecule has 0 unspecified atom stereocenters. The first-order valence-electron chi connectivity index (χ1n) is 12.2. The van der Waals surface area contributed by atoms with Crippen LogP contribution in [0.15, 0.2) is 60.9 Å². The molecular formula is C30H38I2N2. The molecule has 182 valence electrons. The van der Waals surface area contributed by atoms with Gasteiger partial charge in [-0.25, -0.2) is 9.13 Å². The highest BCUT2D eigenvalue weighted by molar-refractivity contribution is 5.88. The monoisotopic (exact) mass is 680 g/mol. The van der Waals surface area contributed by atoms with Gasteiger partial charge in [-0.1, -0.05) is 64.1 Å². The SMILES string of the molecule is CC(C)c1cccc2cc[n+](C)c(CCCCc3c4c(C(C)C)cccc4cc[n+]3C)c12.[I-].[I-]. The van der Waals surface area contributed by atoms with Gasteiger partial charge >= 0.3 is 0 Å². The Hall–Kier alpha value is -1.28. The summed E-state index contributed by atoms with van der Waals surface area (Å²) in [6.07, 6.45) is 9.06.